The van der Waals surface area contributed by atoms with Crippen molar-refractivity contribution in [1.82, 2.24) is 16.0 Å². The number of nitrogens with one attached hydrogen (secondary N) is 3. The van der Waals surface area contributed by atoms with E-state index in [2.05, 4.69) is 28.6 Å². The molecule has 0 bridgehead atoms. The third-order valence-electron chi connectivity index (χ3n) is 6.47. The highest BCUT2D eigenvalue weighted by atomic mass is 32.2. The molecule has 2 atom stereocenters. The lowest BCUT2D eigenvalue weighted by molar-refractivity contribution is -0.132. The van der Waals surface area contributed by atoms with Crippen molar-refractivity contribution in [2.24, 2.45) is 5.92 Å². The minimum atomic E-state index is -0.869. The maximum absolute atomic E-state index is 13.2. The fourth-order valence-electron chi connectivity index (χ4n) is 4.34. The first-order valence-corrected chi connectivity index (χ1v) is 15.1. The zero-order chi connectivity index (χ0) is 27.9. The fourth-order valence-corrected chi connectivity index (χ4v) is 5.87. The predicted molar refractivity (Wildman–Crippen MR) is 158 cm³/mol. The van der Waals surface area contributed by atoms with E-state index in [1.54, 1.807) is 11.8 Å². The van der Waals surface area contributed by atoms with Gasteiger partial charge in [-0.3, -0.25) is 14.4 Å². The van der Waals surface area contributed by atoms with Gasteiger partial charge in [-0.05, 0) is 54.3 Å². The number of thiol groups is 1. The van der Waals surface area contributed by atoms with Gasteiger partial charge in [0.05, 0.1) is 0 Å². The van der Waals surface area contributed by atoms with Crippen molar-refractivity contribution in [1.29, 1.82) is 0 Å². The van der Waals surface area contributed by atoms with Crippen LogP contribution < -0.4 is 20.7 Å². The van der Waals surface area contributed by atoms with Crippen LogP contribution in [-0.2, 0) is 25.7 Å². The largest absolute Gasteiger partial charge is 0.457 e. The molecule has 0 aliphatic heterocycles. The van der Waals surface area contributed by atoms with Crippen LogP contribution in [-0.4, -0.2) is 60.8 Å². The van der Waals surface area contributed by atoms with Crippen LogP contribution in [0.4, 0.5) is 0 Å². The van der Waals surface area contributed by atoms with E-state index in [1.165, 1.54) is 39.2 Å². The van der Waals surface area contributed by atoms with Crippen LogP contribution in [0.5, 0.6) is 11.5 Å². The van der Waals surface area contributed by atoms with Gasteiger partial charge in [0.2, 0.25) is 17.7 Å². The molecular weight excluding hydrogens is 534 g/mol. The average molecular weight is 574 g/mol. The van der Waals surface area contributed by atoms with E-state index in [0.29, 0.717) is 24.0 Å². The minimum Gasteiger partial charge on any atom is -0.457 e. The summed E-state index contributed by atoms with van der Waals surface area (Å²) in [6, 6.07) is 15.4. The number of carbonyl (C=O) groups is 3. The molecule has 8 nitrogen and oxygen atoms in total. The summed E-state index contributed by atoms with van der Waals surface area (Å²) in [5, 5.41) is 8.37. The van der Waals surface area contributed by atoms with Crippen molar-refractivity contribution in [3.05, 3.63) is 60.2 Å². The van der Waals surface area contributed by atoms with Gasteiger partial charge >= 0.3 is 0 Å². The summed E-state index contributed by atoms with van der Waals surface area (Å²) < 4.78 is 10.7. The number of hydrogen-bond acceptors (Lipinski definition) is 7. The predicted octanol–water partition coefficient (Wildman–Crippen LogP) is 3.95. The number of methoxy groups -OCH3 is 1. The molecule has 212 valence electrons. The number of amides is 3. The average Bonchev–Trinajstić information content (AvgIpc) is 2.96. The van der Waals surface area contributed by atoms with E-state index in [0.717, 1.165) is 17.1 Å². The van der Waals surface area contributed by atoms with Gasteiger partial charge in [0.25, 0.3) is 0 Å². The van der Waals surface area contributed by atoms with E-state index in [-0.39, 0.29) is 18.3 Å². The van der Waals surface area contributed by atoms with Gasteiger partial charge in [-0.2, -0.15) is 24.4 Å². The number of carbonyl (C=O) groups excluding carboxylic acids is 3. The van der Waals surface area contributed by atoms with Crippen molar-refractivity contribution in [2.45, 2.75) is 50.7 Å². The molecule has 3 rings (SSSR count). The molecule has 0 radical (unpaired) electrons. The molecule has 10 heteroatoms. The van der Waals surface area contributed by atoms with E-state index in [1.807, 2.05) is 54.6 Å². The number of benzene rings is 2. The summed E-state index contributed by atoms with van der Waals surface area (Å²) in [6.45, 7) is 0.151. The molecule has 1 aliphatic rings. The lowest BCUT2D eigenvalue weighted by Crippen LogP contribution is -2.55. The molecular formula is C29H39N3O5S2. The Labute approximate surface area is 240 Å². The van der Waals surface area contributed by atoms with Gasteiger partial charge < -0.3 is 25.4 Å². The third kappa shape index (κ3) is 11.1. The summed E-state index contributed by atoms with van der Waals surface area (Å²) >= 11 is 5.89. The Kier molecular flexibility index (Phi) is 13.5. The SMILES string of the molecule is COCC(=O)N[C@@H](CS)C(=O)N[C@@H](CSCC1CCCCC1)C(=O)NCc1ccc(Oc2ccccc2)cc1. The van der Waals surface area contributed by atoms with Crippen molar-refractivity contribution in [3.8, 4) is 11.5 Å². The normalized spacial score (nSPS) is 15.1. The van der Waals surface area contributed by atoms with Gasteiger partial charge in [0.15, 0.2) is 0 Å². The molecule has 0 saturated heterocycles. The first-order valence-electron chi connectivity index (χ1n) is 13.3. The maximum atomic E-state index is 13.2. The monoisotopic (exact) mass is 573 g/mol. The number of ether oxygens (including phenoxy) is 2. The Morgan fingerprint density at radius 2 is 1.62 bits per heavy atom. The standard InChI is InChI=1S/C29H39N3O5S2/c1-36-17-27(33)31-25(18-38)29(35)32-26(20-39-19-22-8-4-2-5-9-22)28(34)30-16-21-12-14-24(15-13-21)37-23-10-6-3-7-11-23/h3,6-7,10-15,22,25-26,38H,2,4-5,8-9,16-20H2,1H3,(H,30,34)(H,31,33)(H,32,35)/t25-,26-/m0/s1. The molecule has 2 aromatic carbocycles. The summed E-state index contributed by atoms with van der Waals surface area (Å²) in [6.07, 6.45) is 6.24. The lowest BCUT2D eigenvalue weighted by Gasteiger charge is -2.24. The van der Waals surface area contributed by atoms with Crippen molar-refractivity contribution in [3.63, 3.8) is 0 Å². The number of rotatable bonds is 15. The highest BCUT2D eigenvalue weighted by molar-refractivity contribution is 7.99. The summed E-state index contributed by atoms with van der Waals surface area (Å²) in [7, 11) is 1.41. The Hall–Kier alpha value is -2.69. The fraction of sp³-hybridized carbons (Fsp3) is 0.483. The van der Waals surface area contributed by atoms with Crippen molar-refractivity contribution < 1.29 is 23.9 Å². The third-order valence-corrected chi connectivity index (χ3v) is 8.12. The van der Waals surface area contributed by atoms with E-state index in [9.17, 15) is 14.4 Å². The lowest BCUT2D eigenvalue weighted by atomic mass is 9.91. The van der Waals surface area contributed by atoms with E-state index < -0.39 is 23.9 Å². The van der Waals surface area contributed by atoms with E-state index in [4.69, 9.17) is 9.47 Å². The van der Waals surface area contributed by atoms with Crippen LogP contribution in [0.25, 0.3) is 0 Å². The second-order valence-corrected chi connectivity index (χ2v) is 11.1. The minimum absolute atomic E-state index is 0.0994. The highest BCUT2D eigenvalue weighted by Gasteiger charge is 2.26. The number of hydrogen-bond donors (Lipinski definition) is 4. The van der Waals surface area contributed by atoms with Crippen molar-refractivity contribution in [2.75, 3.05) is 31.0 Å². The Morgan fingerprint density at radius 3 is 2.28 bits per heavy atom. The molecule has 0 heterocycles. The van der Waals surface area contributed by atoms with E-state index >= 15 is 0 Å². The van der Waals surface area contributed by atoms with Gasteiger partial charge in [0.1, 0.15) is 30.2 Å². The van der Waals surface area contributed by atoms with Gasteiger partial charge in [-0.1, -0.05) is 49.6 Å². The molecule has 2 aromatic rings. The summed E-state index contributed by atoms with van der Waals surface area (Å²) in [4.78, 5) is 38.1. The first-order chi connectivity index (χ1) is 19.0. The summed E-state index contributed by atoms with van der Waals surface area (Å²) in [5.41, 5.74) is 0.906. The molecule has 0 unspecified atom stereocenters. The molecule has 1 saturated carbocycles. The molecule has 1 fully saturated rings. The van der Waals surface area contributed by atoms with Crippen LogP contribution in [0.15, 0.2) is 54.6 Å². The zero-order valence-electron chi connectivity index (χ0n) is 22.4. The maximum Gasteiger partial charge on any atom is 0.246 e. The molecule has 0 spiro atoms. The number of thioether (sulfide) groups is 1. The second-order valence-electron chi connectivity index (χ2n) is 9.62. The van der Waals surface area contributed by atoms with Gasteiger partial charge in [-0.15, -0.1) is 0 Å². The van der Waals surface area contributed by atoms with Crippen molar-refractivity contribution >= 4 is 42.1 Å². The van der Waals surface area contributed by atoms with Crippen LogP contribution in [0, 0.1) is 5.92 Å². The molecule has 3 N–H and O–H groups in total. The first kappa shape index (κ1) is 30.8. The Morgan fingerprint density at radius 1 is 0.923 bits per heavy atom. The van der Waals surface area contributed by atoms with Crippen LogP contribution in [0.2, 0.25) is 0 Å². The quantitative estimate of drug-likeness (QED) is 0.241. The van der Waals surface area contributed by atoms with Crippen LogP contribution in [0.1, 0.15) is 37.7 Å². The van der Waals surface area contributed by atoms with Gasteiger partial charge in [-0.25, -0.2) is 0 Å². The Balaban J connectivity index is 1.56. The number of para-hydroxylation sites is 1. The highest BCUT2D eigenvalue weighted by Crippen LogP contribution is 2.27. The summed E-state index contributed by atoms with van der Waals surface area (Å²) in [5.74, 6) is 2.47. The van der Waals surface area contributed by atoms with Gasteiger partial charge in [0, 0.05) is 25.2 Å². The molecule has 0 aromatic heterocycles. The Bertz CT molecular complexity index is 1030. The second kappa shape index (κ2) is 17.1. The van der Waals surface area contributed by atoms with Crippen LogP contribution in [0.3, 0.4) is 0 Å². The van der Waals surface area contributed by atoms with Crippen LogP contribution >= 0.6 is 24.4 Å². The smallest absolute Gasteiger partial charge is 0.246 e. The zero-order valence-corrected chi connectivity index (χ0v) is 24.1. The topological polar surface area (TPSA) is 106 Å². The molecule has 39 heavy (non-hydrogen) atoms. The molecule has 3 amide bonds. The molecule has 1 aliphatic carbocycles.